The molecule has 0 unspecified atom stereocenters. The van der Waals surface area contributed by atoms with E-state index in [1.807, 2.05) is 6.92 Å². The van der Waals surface area contributed by atoms with Crippen molar-refractivity contribution in [3.05, 3.63) is 59.2 Å². The lowest BCUT2D eigenvalue weighted by Gasteiger charge is -2.19. The van der Waals surface area contributed by atoms with E-state index in [2.05, 4.69) is 13.2 Å². The van der Waals surface area contributed by atoms with Crippen LogP contribution in [0.25, 0.3) is 5.57 Å². The van der Waals surface area contributed by atoms with Gasteiger partial charge in [-0.3, -0.25) is 24.6 Å². The molecular formula is C15H16N2O4. The summed E-state index contributed by atoms with van der Waals surface area (Å²) in [7, 11) is 0. The van der Waals surface area contributed by atoms with Crippen LogP contribution in [0.4, 0.5) is 5.69 Å². The van der Waals surface area contributed by atoms with Crippen LogP contribution in [0.1, 0.15) is 18.9 Å². The first kappa shape index (κ1) is 16.3. The highest BCUT2D eigenvalue weighted by molar-refractivity contribution is 6.23. The Morgan fingerprint density at radius 3 is 2.33 bits per heavy atom. The summed E-state index contributed by atoms with van der Waals surface area (Å²) in [4.78, 5) is 35.1. The molecule has 0 spiro atoms. The molecule has 6 heteroatoms. The summed E-state index contributed by atoms with van der Waals surface area (Å²) >= 11 is 0. The Labute approximate surface area is 122 Å². The number of nitro groups is 1. The van der Waals surface area contributed by atoms with Gasteiger partial charge < -0.3 is 0 Å². The van der Waals surface area contributed by atoms with Crippen molar-refractivity contribution in [2.24, 2.45) is 0 Å². The Morgan fingerprint density at radius 2 is 1.90 bits per heavy atom. The summed E-state index contributed by atoms with van der Waals surface area (Å²) in [6.07, 6.45) is 1.68. The molecule has 110 valence electrons. The summed E-state index contributed by atoms with van der Waals surface area (Å²) in [5, 5.41) is 10.6. The fraction of sp³-hybridized carbons (Fsp3) is 0.200. The molecule has 1 aromatic rings. The number of non-ortho nitro benzene ring substituents is 1. The minimum absolute atomic E-state index is 0.0772. The van der Waals surface area contributed by atoms with Gasteiger partial charge in [-0.1, -0.05) is 20.1 Å². The molecule has 0 aliphatic rings. The van der Waals surface area contributed by atoms with Gasteiger partial charge in [-0.25, -0.2) is 0 Å². The van der Waals surface area contributed by atoms with E-state index in [9.17, 15) is 19.7 Å². The highest BCUT2D eigenvalue weighted by atomic mass is 16.6. The number of carbonyl (C=O) groups excluding carboxylic acids is 2. The van der Waals surface area contributed by atoms with Crippen LogP contribution in [0.3, 0.4) is 0 Å². The molecule has 1 rings (SSSR count). The van der Waals surface area contributed by atoms with Crippen molar-refractivity contribution < 1.29 is 14.5 Å². The first-order valence-corrected chi connectivity index (χ1v) is 6.34. The van der Waals surface area contributed by atoms with Gasteiger partial charge in [0, 0.05) is 24.3 Å². The molecule has 0 aromatic heterocycles. The smallest absolute Gasteiger partial charge is 0.269 e. The zero-order chi connectivity index (χ0) is 16.0. The second kappa shape index (κ2) is 7.14. The average Bonchev–Trinajstić information content (AvgIpc) is 2.50. The number of benzene rings is 1. The lowest BCUT2D eigenvalue weighted by molar-refractivity contribution is -0.384. The number of rotatable bonds is 6. The summed E-state index contributed by atoms with van der Waals surface area (Å²) in [6.45, 7) is 9.13. The number of hydrogen-bond donors (Lipinski definition) is 0. The van der Waals surface area contributed by atoms with Gasteiger partial charge in [0.05, 0.1) is 4.92 Å². The summed E-state index contributed by atoms with van der Waals surface area (Å²) in [6, 6.07) is 5.43. The van der Waals surface area contributed by atoms with Crippen molar-refractivity contribution in [1.29, 1.82) is 0 Å². The molecule has 0 atom stereocenters. The van der Waals surface area contributed by atoms with Gasteiger partial charge in [-0.05, 0) is 30.2 Å². The molecule has 2 amide bonds. The van der Waals surface area contributed by atoms with Crippen molar-refractivity contribution in [1.82, 2.24) is 4.90 Å². The molecule has 0 bridgehead atoms. The average molecular weight is 288 g/mol. The van der Waals surface area contributed by atoms with Crippen LogP contribution in [0.15, 0.2) is 43.5 Å². The van der Waals surface area contributed by atoms with E-state index in [1.54, 1.807) is 0 Å². The van der Waals surface area contributed by atoms with Crippen LogP contribution < -0.4 is 0 Å². The minimum atomic E-state index is -0.532. The first-order chi connectivity index (χ1) is 9.92. The number of imide groups is 1. The molecule has 0 heterocycles. The number of carbonyl (C=O) groups is 2. The highest BCUT2D eigenvalue weighted by Crippen LogP contribution is 2.19. The third-order valence-electron chi connectivity index (χ3n) is 2.82. The maximum absolute atomic E-state index is 12.3. The zero-order valence-electron chi connectivity index (χ0n) is 11.7. The molecule has 0 aliphatic carbocycles. The topological polar surface area (TPSA) is 80.5 Å². The normalized spacial score (nSPS) is 9.76. The molecule has 6 nitrogen and oxygen atoms in total. The van der Waals surface area contributed by atoms with Gasteiger partial charge in [0.2, 0.25) is 0 Å². The van der Waals surface area contributed by atoms with E-state index < -0.39 is 16.7 Å². The second-order valence-corrected chi connectivity index (χ2v) is 4.28. The van der Waals surface area contributed by atoms with Crippen molar-refractivity contribution >= 4 is 23.1 Å². The fourth-order valence-electron chi connectivity index (χ4n) is 1.72. The first-order valence-electron chi connectivity index (χ1n) is 6.34. The van der Waals surface area contributed by atoms with Gasteiger partial charge in [-0.2, -0.15) is 0 Å². The molecule has 1 aromatic carbocycles. The van der Waals surface area contributed by atoms with E-state index in [1.165, 1.54) is 24.3 Å². The SMILES string of the molecule is C=CC(=O)N(CCC)C(=O)C(=C)c1ccc([N+](=O)[O-])cc1. The Kier molecular flexibility index (Phi) is 5.54. The molecule has 0 saturated carbocycles. The number of nitrogens with zero attached hydrogens (tertiary/aromatic N) is 2. The second-order valence-electron chi connectivity index (χ2n) is 4.28. The van der Waals surface area contributed by atoms with Crippen molar-refractivity contribution in [3.8, 4) is 0 Å². The molecule has 21 heavy (non-hydrogen) atoms. The van der Waals surface area contributed by atoms with E-state index in [-0.39, 0.29) is 17.8 Å². The van der Waals surface area contributed by atoms with Crippen molar-refractivity contribution in [2.75, 3.05) is 6.54 Å². The predicted octanol–water partition coefficient (Wildman–Crippen LogP) is 2.56. The monoisotopic (exact) mass is 288 g/mol. The third kappa shape index (κ3) is 3.85. The quantitative estimate of drug-likeness (QED) is 0.457. The Morgan fingerprint density at radius 1 is 1.33 bits per heavy atom. The number of hydrogen-bond acceptors (Lipinski definition) is 4. The van der Waals surface area contributed by atoms with Gasteiger partial charge >= 0.3 is 0 Å². The van der Waals surface area contributed by atoms with Crippen LogP contribution in [-0.4, -0.2) is 28.2 Å². The van der Waals surface area contributed by atoms with Crippen LogP contribution in [-0.2, 0) is 9.59 Å². The van der Waals surface area contributed by atoms with Crippen LogP contribution in [0.5, 0.6) is 0 Å². The van der Waals surface area contributed by atoms with E-state index >= 15 is 0 Å². The lowest BCUT2D eigenvalue weighted by Crippen LogP contribution is -2.36. The zero-order valence-corrected chi connectivity index (χ0v) is 11.7. The maximum atomic E-state index is 12.3. The number of nitro benzene ring substituents is 1. The van der Waals surface area contributed by atoms with Gasteiger partial charge in [0.1, 0.15) is 0 Å². The Balaban J connectivity index is 2.99. The largest absolute Gasteiger partial charge is 0.275 e. The lowest BCUT2D eigenvalue weighted by atomic mass is 10.1. The minimum Gasteiger partial charge on any atom is -0.275 e. The molecule has 0 radical (unpaired) electrons. The maximum Gasteiger partial charge on any atom is 0.269 e. The summed E-state index contributed by atoms with van der Waals surface area (Å²) in [5.41, 5.74) is 0.462. The third-order valence-corrected chi connectivity index (χ3v) is 2.82. The Hall–Kier alpha value is -2.76. The van der Waals surface area contributed by atoms with Crippen LogP contribution in [0, 0.1) is 10.1 Å². The fourth-order valence-corrected chi connectivity index (χ4v) is 1.72. The van der Waals surface area contributed by atoms with Crippen molar-refractivity contribution in [3.63, 3.8) is 0 Å². The Bertz CT molecular complexity index is 590. The standard InChI is InChI=1S/C15H16N2O4/c1-4-10-16(14(18)5-2)15(19)11(3)12-6-8-13(9-7-12)17(20)21/h5-9H,2-4,10H2,1H3. The van der Waals surface area contributed by atoms with E-state index in [4.69, 9.17) is 0 Å². The van der Waals surface area contributed by atoms with Gasteiger partial charge in [-0.15, -0.1) is 0 Å². The van der Waals surface area contributed by atoms with E-state index in [0.717, 1.165) is 11.0 Å². The summed E-state index contributed by atoms with van der Waals surface area (Å²) < 4.78 is 0. The molecule has 0 N–H and O–H groups in total. The summed E-state index contributed by atoms with van der Waals surface area (Å²) in [5.74, 6) is -1.03. The highest BCUT2D eigenvalue weighted by Gasteiger charge is 2.22. The van der Waals surface area contributed by atoms with E-state index in [0.29, 0.717) is 12.0 Å². The molecule has 0 fully saturated rings. The number of amides is 2. The van der Waals surface area contributed by atoms with Gasteiger partial charge in [0.25, 0.3) is 17.5 Å². The van der Waals surface area contributed by atoms with Crippen LogP contribution in [0.2, 0.25) is 0 Å². The predicted molar refractivity (Wildman–Crippen MR) is 79.3 cm³/mol. The van der Waals surface area contributed by atoms with Crippen molar-refractivity contribution in [2.45, 2.75) is 13.3 Å². The molecule has 0 aliphatic heterocycles. The molecule has 0 saturated heterocycles. The molecular weight excluding hydrogens is 272 g/mol. The van der Waals surface area contributed by atoms with Gasteiger partial charge in [0.15, 0.2) is 0 Å². The van der Waals surface area contributed by atoms with Crippen LogP contribution >= 0.6 is 0 Å².